The summed E-state index contributed by atoms with van der Waals surface area (Å²) in [5.74, 6) is -0.985. The Labute approximate surface area is 225 Å². The maximum Gasteiger partial charge on any atom is 0.417 e. The SMILES string of the molecule is Cc1nc(C)c(C(=O)N2C[C@@H](C(=O)N3C(=O)OC[C@H]3c3ccccc3)C3(C2)CN(C(=O)[C@H]2CC2(C)C)C3)s1. The fraction of sp³-hybridized carbons (Fsp3) is 0.536. The number of rotatable bonds is 4. The molecule has 38 heavy (non-hydrogen) atoms. The Hall–Kier alpha value is -3.27. The lowest BCUT2D eigenvalue weighted by molar-refractivity contribution is -0.154. The van der Waals surface area contributed by atoms with Crippen molar-refractivity contribution in [2.75, 3.05) is 32.8 Å². The Bertz CT molecular complexity index is 1330. The molecule has 4 heterocycles. The van der Waals surface area contributed by atoms with Gasteiger partial charge in [0.2, 0.25) is 11.8 Å². The van der Waals surface area contributed by atoms with E-state index in [0.29, 0.717) is 30.2 Å². The summed E-state index contributed by atoms with van der Waals surface area (Å²) in [5.41, 5.74) is 0.911. The fourth-order valence-corrected chi connectivity index (χ4v) is 7.28. The van der Waals surface area contributed by atoms with E-state index in [9.17, 15) is 19.2 Å². The average molecular weight is 537 g/mol. The molecule has 9 nitrogen and oxygen atoms in total. The zero-order valence-electron chi connectivity index (χ0n) is 22.1. The summed E-state index contributed by atoms with van der Waals surface area (Å²) in [6.45, 7) is 9.31. The predicted octanol–water partition coefficient (Wildman–Crippen LogP) is 3.43. The molecular weight excluding hydrogens is 504 g/mol. The van der Waals surface area contributed by atoms with Gasteiger partial charge in [-0.25, -0.2) is 14.7 Å². The van der Waals surface area contributed by atoms with Crippen molar-refractivity contribution >= 4 is 35.2 Å². The zero-order chi connectivity index (χ0) is 27.0. The topological polar surface area (TPSA) is 100 Å². The second-order valence-electron chi connectivity index (χ2n) is 11.9. The van der Waals surface area contributed by atoms with E-state index in [-0.39, 0.29) is 42.2 Å². The zero-order valence-corrected chi connectivity index (χ0v) is 22.9. The number of amides is 4. The molecule has 0 N–H and O–H groups in total. The minimum Gasteiger partial charge on any atom is -0.446 e. The van der Waals surface area contributed by atoms with E-state index < -0.39 is 23.5 Å². The lowest BCUT2D eigenvalue weighted by atomic mass is 9.70. The highest BCUT2D eigenvalue weighted by Crippen LogP contribution is 2.55. The van der Waals surface area contributed by atoms with Gasteiger partial charge in [0.15, 0.2) is 0 Å². The molecular formula is C28H32N4O5S. The van der Waals surface area contributed by atoms with Crippen LogP contribution in [-0.2, 0) is 14.3 Å². The van der Waals surface area contributed by atoms with Crippen molar-refractivity contribution in [3.8, 4) is 0 Å². The standard InChI is InChI=1S/C28H32N4O5S/c1-16-22(38-17(2)29-16)25(35)30-11-20(28(13-30)14-31(15-28)23(33)19-10-27(19,3)4)24(34)32-21(12-37-26(32)36)18-8-6-5-7-9-18/h5-9,19-21H,10-15H2,1-4H3/t19-,20+,21+/m1/s1. The lowest BCUT2D eigenvalue weighted by Crippen LogP contribution is -2.64. The summed E-state index contributed by atoms with van der Waals surface area (Å²) in [6, 6.07) is 8.85. The normalized spacial score (nSPS) is 26.9. The summed E-state index contributed by atoms with van der Waals surface area (Å²) in [5, 5.41) is 0.811. The third kappa shape index (κ3) is 3.92. The molecule has 1 spiro atoms. The molecule has 1 aromatic carbocycles. The van der Waals surface area contributed by atoms with Gasteiger partial charge in [-0.05, 0) is 31.2 Å². The number of carbonyl (C=O) groups excluding carboxylic acids is 4. The van der Waals surface area contributed by atoms with Crippen molar-refractivity contribution in [1.29, 1.82) is 0 Å². The number of cyclic esters (lactones) is 1. The van der Waals surface area contributed by atoms with Gasteiger partial charge in [-0.1, -0.05) is 44.2 Å². The van der Waals surface area contributed by atoms with Crippen LogP contribution in [0.15, 0.2) is 30.3 Å². The van der Waals surface area contributed by atoms with Gasteiger partial charge in [0.05, 0.1) is 16.6 Å². The van der Waals surface area contributed by atoms with Crippen LogP contribution in [0.3, 0.4) is 0 Å². The number of carbonyl (C=O) groups is 4. The van der Waals surface area contributed by atoms with Crippen molar-refractivity contribution in [3.05, 3.63) is 51.5 Å². The summed E-state index contributed by atoms with van der Waals surface area (Å²) in [6.07, 6.45) is 0.203. The first-order valence-electron chi connectivity index (χ1n) is 13.1. The van der Waals surface area contributed by atoms with Gasteiger partial charge in [0.25, 0.3) is 5.91 Å². The molecule has 0 bridgehead atoms. The van der Waals surface area contributed by atoms with Gasteiger partial charge < -0.3 is 14.5 Å². The van der Waals surface area contributed by atoms with Gasteiger partial charge in [-0.2, -0.15) is 0 Å². The van der Waals surface area contributed by atoms with Crippen molar-refractivity contribution in [2.45, 2.75) is 40.2 Å². The van der Waals surface area contributed by atoms with E-state index in [2.05, 4.69) is 18.8 Å². The minimum absolute atomic E-state index is 0.00646. The van der Waals surface area contributed by atoms with Crippen LogP contribution >= 0.6 is 11.3 Å². The molecule has 6 rings (SSSR count). The molecule has 10 heteroatoms. The summed E-state index contributed by atoms with van der Waals surface area (Å²) in [7, 11) is 0. The van der Waals surface area contributed by atoms with Crippen LogP contribution in [0.5, 0.6) is 0 Å². The summed E-state index contributed by atoms with van der Waals surface area (Å²) in [4.78, 5) is 63.4. The molecule has 200 valence electrons. The number of likely N-dealkylation sites (tertiary alicyclic amines) is 2. The van der Waals surface area contributed by atoms with E-state index in [0.717, 1.165) is 17.0 Å². The number of imide groups is 1. The number of hydrogen-bond acceptors (Lipinski definition) is 7. The van der Waals surface area contributed by atoms with Gasteiger partial charge in [-0.3, -0.25) is 14.4 Å². The van der Waals surface area contributed by atoms with Crippen LogP contribution in [0.1, 0.15) is 52.2 Å². The number of nitrogens with zero attached hydrogens (tertiary/aromatic N) is 4. The number of aryl methyl sites for hydroxylation is 2. The number of benzene rings is 1. The average Bonchev–Trinajstić information content (AvgIpc) is 3.19. The van der Waals surface area contributed by atoms with Crippen molar-refractivity contribution in [2.24, 2.45) is 22.7 Å². The van der Waals surface area contributed by atoms with Crippen molar-refractivity contribution in [1.82, 2.24) is 19.7 Å². The Morgan fingerprint density at radius 3 is 2.26 bits per heavy atom. The first kappa shape index (κ1) is 25.0. The maximum atomic E-state index is 14.1. The molecule has 1 aromatic heterocycles. The molecule has 1 saturated carbocycles. The van der Waals surface area contributed by atoms with E-state index in [1.165, 1.54) is 16.2 Å². The van der Waals surface area contributed by atoms with Crippen LogP contribution in [0, 0.1) is 36.5 Å². The lowest BCUT2D eigenvalue weighted by Gasteiger charge is -2.51. The smallest absolute Gasteiger partial charge is 0.417 e. The fourth-order valence-electron chi connectivity index (χ4n) is 6.39. The molecule has 0 unspecified atom stereocenters. The highest BCUT2D eigenvalue weighted by Gasteiger charge is 2.63. The van der Waals surface area contributed by atoms with Crippen LogP contribution in [-0.4, -0.2) is 76.3 Å². The molecule has 3 atom stereocenters. The van der Waals surface area contributed by atoms with Gasteiger partial charge in [-0.15, -0.1) is 11.3 Å². The molecule has 0 radical (unpaired) electrons. The van der Waals surface area contributed by atoms with Crippen LogP contribution in [0.25, 0.3) is 0 Å². The molecule has 2 aromatic rings. The van der Waals surface area contributed by atoms with Gasteiger partial charge >= 0.3 is 6.09 Å². The van der Waals surface area contributed by atoms with E-state index >= 15 is 0 Å². The molecule has 3 aliphatic heterocycles. The molecule has 4 amide bonds. The highest BCUT2D eigenvalue weighted by atomic mass is 32.1. The Kier molecular flexibility index (Phi) is 5.68. The second kappa shape index (κ2) is 8.62. The van der Waals surface area contributed by atoms with Gasteiger partial charge in [0, 0.05) is 37.5 Å². The summed E-state index contributed by atoms with van der Waals surface area (Å²) >= 11 is 1.35. The maximum absolute atomic E-state index is 14.1. The third-order valence-electron chi connectivity index (χ3n) is 8.76. The quantitative estimate of drug-likeness (QED) is 0.594. The monoisotopic (exact) mass is 536 g/mol. The Morgan fingerprint density at radius 1 is 1.00 bits per heavy atom. The second-order valence-corrected chi connectivity index (χ2v) is 13.1. The first-order chi connectivity index (χ1) is 18.0. The predicted molar refractivity (Wildman–Crippen MR) is 139 cm³/mol. The van der Waals surface area contributed by atoms with Crippen molar-refractivity contribution < 1.29 is 23.9 Å². The van der Waals surface area contributed by atoms with Crippen LogP contribution in [0.2, 0.25) is 0 Å². The molecule has 1 aliphatic carbocycles. The summed E-state index contributed by atoms with van der Waals surface area (Å²) < 4.78 is 5.33. The number of ether oxygens (including phenoxy) is 1. The Morgan fingerprint density at radius 2 is 1.66 bits per heavy atom. The molecule has 4 aliphatic rings. The van der Waals surface area contributed by atoms with E-state index in [1.54, 1.807) is 4.90 Å². The Balaban J connectivity index is 1.29. The number of hydrogen-bond donors (Lipinski definition) is 0. The largest absolute Gasteiger partial charge is 0.446 e. The minimum atomic E-state index is -0.662. The van der Waals surface area contributed by atoms with Crippen LogP contribution in [0.4, 0.5) is 4.79 Å². The first-order valence-corrected chi connectivity index (χ1v) is 13.9. The number of aromatic nitrogens is 1. The third-order valence-corrected chi connectivity index (χ3v) is 9.82. The van der Waals surface area contributed by atoms with Crippen LogP contribution < -0.4 is 0 Å². The highest BCUT2D eigenvalue weighted by molar-refractivity contribution is 7.13. The van der Waals surface area contributed by atoms with E-state index in [4.69, 9.17) is 4.74 Å². The molecule has 4 fully saturated rings. The van der Waals surface area contributed by atoms with Gasteiger partial charge in [0.1, 0.15) is 17.5 Å². The number of thiazole rings is 1. The van der Waals surface area contributed by atoms with E-state index in [1.807, 2.05) is 49.1 Å². The van der Waals surface area contributed by atoms with Crippen molar-refractivity contribution in [3.63, 3.8) is 0 Å². The molecule has 3 saturated heterocycles.